The van der Waals surface area contributed by atoms with Crippen LogP contribution in [0.5, 0.6) is 0 Å². The molecule has 0 spiro atoms. The zero-order valence-electron chi connectivity index (χ0n) is 8.00. The van der Waals surface area contributed by atoms with Crippen LogP contribution in [0.2, 0.25) is 0 Å². The fourth-order valence-electron chi connectivity index (χ4n) is 1.24. The molecule has 0 saturated heterocycles. The number of rotatable bonds is 3. The third-order valence-corrected chi connectivity index (χ3v) is 2.01. The van der Waals surface area contributed by atoms with E-state index in [4.69, 9.17) is 10.8 Å². The Labute approximate surface area is 84.7 Å². The molecule has 1 aromatic rings. The van der Waals surface area contributed by atoms with Crippen molar-refractivity contribution in [1.82, 2.24) is 4.98 Å². The summed E-state index contributed by atoms with van der Waals surface area (Å²) in [7, 11) is 0. The Balaban J connectivity index is 3.23. The normalized spacial score (nSPS) is 10.7. The monoisotopic (exact) mass is 216 g/mol. The molecule has 0 unspecified atom stereocenters. The molecule has 0 bridgehead atoms. The van der Waals surface area contributed by atoms with Crippen LogP contribution in [0.3, 0.4) is 0 Å². The highest BCUT2D eigenvalue weighted by atomic mass is 19.3. The van der Waals surface area contributed by atoms with Gasteiger partial charge in [0, 0.05) is 6.20 Å². The summed E-state index contributed by atoms with van der Waals surface area (Å²) in [6.45, 7) is 1.58. The van der Waals surface area contributed by atoms with Crippen molar-refractivity contribution in [3.8, 4) is 0 Å². The van der Waals surface area contributed by atoms with Crippen molar-refractivity contribution in [2.45, 2.75) is 19.8 Å². The van der Waals surface area contributed by atoms with E-state index in [1.807, 2.05) is 0 Å². The number of halogens is 2. The van der Waals surface area contributed by atoms with Gasteiger partial charge in [0.25, 0.3) is 6.43 Å². The van der Waals surface area contributed by atoms with Crippen LogP contribution >= 0.6 is 0 Å². The molecule has 4 nitrogen and oxygen atoms in total. The quantitative estimate of drug-likeness (QED) is 0.803. The van der Waals surface area contributed by atoms with Crippen LogP contribution in [0.4, 0.5) is 14.5 Å². The van der Waals surface area contributed by atoms with E-state index in [0.29, 0.717) is 5.56 Å². The van der Waals surface area contributed by atoms with Gasteiger partial charge in [-0.25, -0.2) is 8.78 Å². The summed E-state index contributed by atoms with van der Waals surface area (Å²) in [5, 5.41) is 8.58. The maximum atomic E-state index is 12.4. The fraction of sp³-hybridized carbons (Fsp3) is 0.333. The molecular weight excluding hydrogens is 206 g/mol. The molecule has 0 fully saturated rings. The molecule has 0 aliphatic heterocycles. The summed E-state index contributed by atoms with van der Waals surface area (Å²) in [5.41, 5.74) is 5.34. The number of alkyl halides is 2. The van der Waals surface area contributed by atoms with Gasteiger partial charge in [0.1, 0.15) is 5.69 Å². The van der Waals surface area contributed by atoms with Gasteiger partial charge in [-0.3, -0.25) is 9.78 Å². The number of hydrogen-bond acceptors (Lipinski definition) is 3. The first-order valence-corrected chi connectivity index (χ1v) is 4.17. The molecule has 82 valence electrons. The first-order chi connectivity index (χ1) is 6.93. The molecule has 0 aliphatic carbocycles. The Kier molecular flexibility index (Phi) is 3.18. The Morgan fingerprint density at radius 3 is 2.73 bits per heavy atom. The van der Waals surface area contributed by atoms with E-state index in [2.05, 4.69) is 4.98 Å². The van der Waals surface area contributed by atoms with Crippen molar-refractivity contribution >= 4 is 11.7 Å². The van der Waals surface area contributed by atoms with E-state index in [1.54, 1.807) is 6.92 Å². The van der Waals surface area contributed by atoms with Crippen LogP contribution in [0.15, 0.2) is 6.20 Å². The van der Waals surface area contributed by atoms with Gasteiger partial charge >= 0.3 is 5.97 Å². The standard InChI is InChI=1S/C9H10F2N2O2/c1-4-3-13-8(9(10)11)7(12)5(4)2-6(14)15/h3,9H,2,12H2,1H3,(H,14,15). The number of aryl methyl sites for hydroxylation is 1. The highest BCUT2D eigenvalue weighted by molar-refractivity contribution is 5.74. The molecule has 6 heteroatoms. The summed E-state index contributed by atoms with van der Waals surface area (Å²) < 4.78 is 24.8. The fourth-order valence-corrected chi connectivity index (χ4v) is 1.24. The third-order valence-electron chi connectivity index (χ3n) is 2.01. The number of hydrogen-bond donors (Lipinski definition) is 2. The Morgan fingerprint density at radius 1 is 1.67 bits per heavy atom. The summed E-state index contributed by atoms with van der Waals surface area (Å²) in [5.74, 6) is -1.11. The first kappa shape index (κ1) is 11.4. The lowest BCUT2D eigenvalue weighted by atomic mass is 10.0. The number of nitrogens with zero attached hydrogens (tertiary/aromatic N) is 1. The maximum Gasteiger partial charge on any atom is 0.307 e. The molecule has 1 aromatic heterocycles. The lowest BCUT2D eigenvalue weighted by Crippen LogP contribution is -2.09. The second kappa shape index (κ2) is 4.20. The van der Waals surface area contributed by atoms with E-state index in [-0.39, 0.29) is 17.7 Å². The second-order valence-corrected chi connectivity index (χ2v) is 3.09. The number of pyridine rings is 1. The van der Waals surface area contributed by atoms with Gasteiger partial charge in [-0.15, -0.1) is 0 Å². The van der Waals surface area contributed by atoms with Gasteiger partial charge in [0.2, 0.25) is 0 Å². The van der Waals surface area contributed by atoms with Crippen molar-refractivity contribution in [2.24, 2.45) is 0 Å². The number of aromatic nitrogens is 1. The van der Waals surface area contributed by atoms with Crippen molar-refractivity contribution in [3.63, 3.8) is 0 Å². The van der Waals surface area contributed by atoms with E-state index in [1.165, 1.54) is 6.20 Å². The topological polar surface area (TPSA) is 76.2 Å². The Bertz CT molecular complexity index is 394. The highest BCUT2D eigenvalue weighted by Crippen LogP contribution is 2.27. The lowest BCUT2D eigenvalue weighted by Gasteiger charge is -2.10. The number of nitrogens with two attached hydrogens (primary N) is 1. The number of anilines is 1. The average molecular weight is 216 g/mol. The number of nitrogen functional groups attached to an aromatic ring is 1. The minimum atomic E-state index is -2.79. The molecule has 1 rings (SSSR count). The first-order valence-electron chi connectivity index (χ1n) is 4.17. The van der Waals surface area contributed by atoms with E-state index in [9.17, 15) is 13.6 Å². The molecule has 0 atom stereocenters. The molecule has 0 aromatic carbocycles. The minimum absolute atomic E-state index is 0.202. The van der Waals surface area contributed by atoms with Crippen LogP contribution in [0.25, 0.3) is 0 Å². The molecule has 0 aliphatic rings. The van der Waals surface area contributed by atoms with Crippen LogP contribution in [0.1, 0.15) is 23.2 Å². The zero-order valence-corrected chi connectivity index (χ0v) is 8.00. The van der Waals surface area contributed by atoms with Crippen molar-refractivity contribution in [1.29, 1.82) is 0 Å². The van der Waals surface area contributed by atoms with Gasteiger partial charge in [0.15, 0.2) is 0 Å². The van der Waals surface area contributed by atoms with Crippen LogP contribution in [-0.4, -0.2) is 16.1 Å². The van der Waals surface area contributed by atoms with Crippen molar-refractivity contribution < 1.29 is 18.7 Å². The van der Waals surface area contributed by atoms with E-state index in [0.717, 1.165) is 0 Å². The molecule has 15 heavy (non-hydrogen) atoms. The smallest absolute Gasteiger partial charge is 0.307 e. The summed E-state index contributed by atoms with van der Waals surface area (Å²) >= 11 is 0. The Morgan fingerprint density at radius 2 is 2.27 bits per heavy atom. The molecule has 3 N–H and O–H groups in total. The molecule has 0 saturated carbocycles. The maximum absolute atomic E-state index is 12.4. The predicted octanol–water partition coefficient (Wildman–Crippen LogP) is 1.54. The van der Waals surface area contributed by atoms with Gasteiger partial charge in [-0.05, 0) is 18.1 Å². The van der Waals surface area contributed by atoms with E-state index >= 15 is 0 Å². The lowest BCUT2D eigenvalue weighted by molar-refractivity contribution is -0.136. The zero-order chi connectivity index (χ0) is 11.6. The van der Waals surface area contributed by atoms with Gasteiger partial charge in [0.05, 0.1) is 12.1 Å². The van der Waals surface area contributed by atoms with Crippen LogP contribution in [0, 0.1) is 6.92 Å². The summed E-state index contributed by atoms with van der Waals surface area (Å²) in [6.07, 6.45) is -1.96. The van der Waals surface area contributed by atoms with Crippen LogP contribution in [-0.2, 0) is 11.2 Å². The molecular formula is C9H10F2N2O2. The molecule has 1 heterocycles. The van der Waals surface area contributed by atoms with E-state index < -0.39 is 18.1 Å². The largest absolute Gasteiger partial charge is 0.481 e. The van der Waals surface area contributed by atoms with Gasteiger partial charge in [-0.1, -0.05) is 0 Å². The number of carboxylic acid groups (broad SMARTS) is 1. The predicted molar refractivity (Wildman–Crippen MR) is 49.7 cm³/mol. The minimum Gasteiger partial charge on any atom is -0.481 e. The second-order valence-electron chi connectivity index (χ2n) is 3.09. The van der Waals surface area contributed by atoms with Gasteiger partial charge < -0.3 is 10.8 Å². The van der Waals surface area contributed by atoms with Crippen molar-refractivity contribution in [3.05, 3.63) is 23.0 Å². The molecule has 0 amide bonds. The van der Waals surface area contributed by atoms with Crippen LogP contribution < -0.4 is 5.73 Å². The van der Waals surface area contributed by atoms with Crippen molar-refractivity contribution in [2.75, 3.05) is 5.73 Å². The average Bonchev–Trinajstić information content (AvgIpc) is 2.11. The number of aliphatic carboxylic acids is 1. The number of carboxylic acids is 1. The summed E-state index contributed by atoms with van der Waals surface area (Å²) in [4.78, 5) is 14.0. The molecule has 0 radical (unpaired) electrons. The van der Waals surface area contributed by atoms with Gasteiger partial charge in [-0.2, -0.15) is 0 Å². The Hall–Kier alpha value is -1.72. The SMILES string of the molecule is Cc1cnc(C(F)F)c(N)c1CC(=O)O. The number of carbonyl (C=O) groups is 1. The summed E-state index contributed by atoms with van der Waals surface area (Å²) in [6, 6.07) is 0. The highest BCUT2D eigenvalue weighted by Gasteiger charge is 2.18. The third kappa shape index (κ3) is 2.39.